The molecule has 2 rings (SSSR count). The lowest BCUT2D eigenvalue weighted by Crippen LogP contribution is -2.31. The number of rotatable bonds is 4. The molecule has 1 aromatic rings. The van der Waals surface area contributed by atoms with Crippen LogP contribution in [0, 0.1) is 5.92 Å². The second kappa shape index (κ2) is 7.16. The van der Waals surface area contributed by atoms with Crippen molar-refractivity contribution in [2.24, 2.45) is 21.6 Å². The van der Waals surface area contributed by atoms with Crippen molar-refractivity contribution in [1.82, 2.24) is 5.32 Å². The molecule has 0 aliphatic heterocycles. The van der Waals surface area contributed by atoms with Crippen LogP contribution in [0.15, 0.2) is 46.7 Å². The maximum atomic E-state index is 13.8. The zero-order valence-corrected chi connectivity index (χ0v) is 14.9. The highest BCUT2D eigenvalue weighted by molar-refractivity contribution is 5.99. The number of nitrogens with one attached hydrogen (secondary N) is 1. The number of guanidine groups is 1. The van der Waals surface area contributed by atoms with Crippen molar-refractivity contribution in [3.05, 3.63) is 47.8 Å². The average molecular weight is 330 g/mol. The number of benzene rings is 1. The Hall–Kier alpha value is -2.17. The number of hydrogen-bond donors (Lipinski definition) is 2. The third-order valence-corrected chi connectivity index (χ3v) is 4.54. The van der Waals surface area contributed by atoms with Gasteiger partial charge in [0.2, 0.25) is 5.96 Å². The number of halogens is 1. The molecule has 0 saturated carbocycles. The Morgan fingerprint density at radius 3 is 2.67 bits per heavy atom. The van der Waals surface area contributed by atoms with Crippen LogP contribution in [0.2, 0.25) is 0 Å². The largest absolute Gasteiger partial charge is 0.368 e. The quantitative estimate of drug-likeness (QED) is 0.650. The SMILES string of the molecule is C=C(N=C(N)N=C(C)C(C)(C)F)NC1c2ccccc2CCC1C. The van der Waals surface area contributed by atoms with Crippen molar-refractivity contribution in [1.29, 1.82) is 0 Å². The fourth-order valence-corrected chi connectivity index (χ4v) is 2.82. The molecule has 1 aromatic carbocycles. The molecule has 4 nitrogen and oxygen atoms in total. The van der Waals surface area contributed by atoms with Gasteiger partial charge < -0.3 is 11.1 Å². The molecule has 24 heavy (non-hydrogen) atoms. The number of aliphatic imine (C=N–C) groups is 2. The molecule has 0 heterocycles. The Bertz CT molecular complexity index is 670. The number of nitrogens with two attached hydrogens (primary N) is 1. The zero-order valence-electron chi connectivity index (χ0n) is 14.9. The maximum absolute atomic E-state index is 13.8. The van der Waals surface area contributed by atoms with Crippen molar-refractivity contribution in [2.45, 2.75) is 52.2 Å². The van der Waals surface area contributed by atoms with E-state index in [4.69, 9.17) is 5.73 Å². The molecular formula is C19H27FN4. The molecule has 130 valence electrons. The van der Waals surface area contributed by atoms with Crippen LogP contribution in [0.5, 0.6) is 0 Å². The monoisotopic (exact) mass is 330 g/mol. The van der Waals surface area contributed by atoms with E-state index >= 15 is 0 Å². The van der Waals surface area contributed by atoms with Crippen LogP contribution >= 0.6 is 0 Å². The smallest absolute Gasteiger partial charge is 0.221 e. The lowest BCUT2D eigenvalue weighted by atomic mass is 9.81. The Balaban J connectivity index is 2.14. The van der Waals surface area contributed by atoms with Gasteiger partial charge in [-0.3, -0.25) is 0 Å². The number of aryl methyl sites for hydroxylation is 1. The first-order chi connectivity index (χ1) is 11.2. The molecule has 1 aliphatic rings. The standard InChI is InChI=1S/C19H27FN4/c1-12-10-11-15-8-6-7-9-16(15)17(12)23-14(3)24-18(21)22-13(2)19(4,5)20/h6-9,12,17,23H,3,10-11H2,1-2,4-5H3,(H2,21,24). The summed E-state index contributed by atoms with van der Waals surface area (Å²) in [7, 11) is 0. The van der Waals surface area contributed by atoms with E-state index in [9.17, 15) is 4.39 Å². The van der Waals surface area contributed by atoms with E-state index in [1.807, 2.05) is 6.07 Å². The van der Waals surface area contributed by atoms with Crippen molar-refractivity contribution in [3.63, 3.8) is 0 Å². The molecule has 0 aromatic heterocycles. The van der Waals surface area contributed by atoms with Gasteiger partial charge in [-0.15, -0.1) is 0 Å². The maximum Gasteiger partial charge on any atom is 0.221 e. The number of fused-ring (bicyclic) bond motifs is 1. The lowest BCUT2D eigenvalue weighted by molar-refractivity contribution is 0.312. The van der Waals surface area contributed by atoms with E-state index in [1.165, 1.54) is 25.0 Å². The first-order valence-electron chi connectivity index (χ1n) is 8.30. The molecule has 2 atom stereocenters. The molecule has 0 bridgehead atoms. The summed E-state index contributed by atoms with van der Waals surface area (Å²) < 4.78 is 13.8. The van der Waals surface area contributed by atoms with Crippen LogP contribution in [-0.2, 0) is 6.42 Å². The van der Waals surface area contributed by atoms with Gasteiger partial charge in [-0.25, -0.2) is 9.38 Å². The van der Waals surface area contributed by atoms with E-state index in [0.29, 0.717) is 11.7 Å². The van der Waals surface area contributed by atoms with E-state index in [0.717, 1.165) is 12.8 Å². The number of nitrogens with zero attached hydrogens (tertiary/aromatic N) is 2. The first kappa shape index (κ1) is 18.2. The summed E-state index contributed by atoms with van der Waals surface area (Å²) in [5, 5.41) is 3.34. The Labute approximate surface area is 143 Å². The van der Waals surface area contributed by atoms with E-state index in [-0.39, 0.29) is 17.7 Å². The zero-order chi connectivity index (χ0) is 17.9. The minimum atomic E-state index is -1.52. The van der Waals surface area contributed by atoms with E-state index < -0.39 is 5.67 Å². The average Bonchev–Trinajstić information content (AvgIpc) is 2.49. The number of hydrogen-bond acceptors (Lipinski definition) is 2. The molecule has 0 spiro atoms. The van der Waals surface area contributed by atoms with Gasteiger partial charge in [0.05, 0.1) is 11.8 Å². The second-order valence-electron chi connectivity index (χ2n) is 6.92. The van der Waals surface area contributed by atoms with Gasteiger partial charge in [-0.2, -0.15) is 4.99 Å². The van der Waals surface area contributed by atoms with Crippen molar-refractivity contribution in [3.8, 4) is 0 Å². The highest BCUT2D eigenvalue weighted by atomic mass is 19.1. The van der Waals surface area contributed by atoms with Crippen LogP contribution in [0.25, 0.3) is 0 Å². The van der Waals surface area contributed by atoms with Gasteiger partial charge in [0, 0.05) is 0 Å². The highest BCUT2D eigenvalue weighted by Crippen LogP contribution is 2.34. The summed E-state index contributed by atoms with van der Waals surface area (Å²) in [6.07, 6.45) is 2.19. The van der Waals surface area contributed by atoms with Gasteiger partial charge >= 0.3 is 0 Å². The molecule has 2 unspecified atom stereocenters. The predicted octanol–water partition coefficient (Wildman–Crippen LogP) is 3.89. The minimum Gasteiger partial charge on any atom is -0.368 e. The van der Waals surface area contributed by atoms with Crippen LogP contribution in [0.1, 0.15) is 51.3 Å². The molecule has 0 fully saturated rings. The van der Waals surface area contributed by atoms with Gasteiger partial charge in [-0.1, -0.05) is 37.8 Å². The molecule has 1 aliphatic carbocycles. The highest BCUT2D eigenvalue weighted by Gasteiger charge is 2.26. The molecule has 0 saturated heterocycles. The Morgan fingerprint density at radius 2 is 2.00 bits per heavy atom. The third kappa shape index (κ3) is 4.43. The molecule has 5 heteroatoms. The van der Waals surface area contributed by atoms with Crippen LogP contribution < -0.4 is 11.1 Å². The first-order valence-corrected chi connectivity index (χ1v) is 8.30. The normalized spacial score (nSPS) is 22.0. The van der Waals surface area contributed by atoms with E-state index in [2.05, 4.69) is 47.0 Å². The lowest BCUT2D eigenvalue weighted by Gasteiger charge is -2.32. The van der Waals surface area contributed by atoms with Crippen LogP contribution in [-0.4, -0.2) is 17.3 Å². The van der Waals surface area contributed by atoms with Crippen molar-refractivity contribution in [2.75, 3.05) is 0 Å². The summed E-state index contributed by atoms with van der Waals surface area (Å²) in [4.78, 5) is 8.18. The summed E-state index contributed by atoms with van der Waals surface area (Å²) in [6.45, 7) is 10.6. The summed E-state index contributed by atoms with van der Waals surface area (Å²) in [6, 6.07) is 8.54. The fraction of sp³-hybridized carbons (Fsp3) is 0.474. The van der Waals surface area contributed by atoms with Gasteiger partial charge in [0.25, 0.3) is 0 Å². The Morgan fingerprint density at radius 1 is 1.33 bits per heavy atom. The van der Waals surface area contributed by atoms with Crippen molar-refractivity contribution >= 4 is 11.7 Å². The number of alkyl halides is 1. The van der Waals surface area contributed by atoms with Gasteiger partial charge in [0.15, 0.2) is 0 Å². The molecular weight excluding hydrogens is 303 g/mol. The fourth-order valence-electron chi connectivity index (χ4n) is 2.82. The molecule has 0 radical (unpaired) electrons. The molecule has 3 N–H and O–H groups in total. The molecule has 0 amide bonds. The van der Waals surface area contributed by atoms with E-state index in [1.54, 1.807) is 6.92 Å². The third-order valence-electron chi connectivity index (χ3n) is 4.54. The van der Waals surface area contributed by atoms with Crippen LogP contribution in [0.4, 0.5) is 4.39 Å². The van der Waals surface area contributed by atoms with Gasteiger partial charge in [0.1, 0.15) is 11.5 Å². The van der Waals surface area contributed by atoms with Crippen molar-refractivity contribution < 1.29 is 4.39 Å². The summed E-state index contributed by atoms with van der Waals surface area (Å²) in [5.74, 6) is 0.907. The predicted molar refractivity (Wildman–Crippen MR) is 98.9 cm³/mol. The summed E-state index contributed by atoms with van der Waals surface area (Å²) >= 11 is 0. The topological polar surface area (TPSA) is 62.8 Å². The minimum absolute atomic E-state index is 0.00692. The second-order valence-corrected chi connectivity index (χ2v) is 6.92. The summed E-state index contributed by atoms with van der Waals surface area (Å²) in [5.41, 5.74) is 7.19. The van der Waals surface area contributed by atoms with Crippen LogP contribution in [0.3, 0.4) is 0 Å². The Kier molecular flexibility index (Phi) is 5.42. The van der Waals surface area contributed by atoms with Gasteiger partial charge in [-0.05, 0) is 50.7 Å².